The number of hydrogen-bond acceptors (Lipinski definition) is 4. The molecule has 1 aliphatic heterocycles. The molecule has 0 N–H and O–H groups in total. The molecular weight excluding hydrogens is 420 g/mol. The highest BCUT2D eigenvalue weighted by atomic mass is 16.5. The van der Waals surface area contributed by atoms with Crippen LogP contribution in [0.15, 0.2) is 60.0 Å². The van der Waals surface area contributed by atoms with Crippen molar-refractivity contribution in [2.75, 3.05) is 11.5 Å². The van der Waals surface area contributed by atoms with Gasteiger partial charge >= 0.3 is 5.97 Å². The molecule has 0 saturated carbocycles. The van der Waals surface area contributed by atoms with Gasteiger partial charge in [0.25, 0.3) is 0 Å². The Morgan fingerprint density at radius 2 is 1.38 bits per heavy atom. The third kappa shape index (κ3) is 10.00. The fourth-order valence-electron chi connectivity index (χ4n) is 4.06. The molecule has 0 aromatic heterocycles. The van der Waals surface area contributed by atoms with Gasteiger partial charge in [-0.1, -0.05) is 90.2 Å². The molecule has 0 radical (unpaired) electrons. The maximum Gasteiger partial charge on any atom is 0.349 e. The van der Waals surface area contributed by atoms with Crippen molar-refractivity contribution in [2.24, 2.45) is 0 Å². The van der Waals surface area contributed by atoms with E-state index in [0.717, 1.165) is 24.9 Å². The summed E-state index contributed by atoms with van der Waals surface area (Å²) in [5.74, 6) is -0.534. The van der Waals surface area contributed by atoms with Crippen molar-refractivity contribution < 1.29 is 9.53 Å². The largest absolute Gasteiger partial charge is 0.462 e. The van der Waals surface area contributed by atoms with Gasteiger partial charge in [-0.05, 0) is 49.1 Å². The molecule has 0 fully saturated rings. The van der Waals surface area contributed by atoms with E-state index in [9.17, 15) is 10.1 Å². The first-order valence-corrected chi connectivity index (χ1v) is 13.2. The molecule has 0 saturated heterocycles. The maximum atomic E-state index is 12.4. The number of benzene rings is 1. The van der Waals surface area contributed by atoms with Gasteiger partial charge in [0.15, 0.2) is 0 Å². The van der Waals surface area contributed by atoms with Crippen LogP contribution < -0.4 is 4.90 Å². The van der Waals surface area contributed by atoms with E-state index in [1.54, 1.807) is 12.2 Å². The molecule has 0 amide bonds. The van der Waals surface area contributed by atoms with Crippen molar-refractivity contribution in [1.82, 2.24) is 0 Å². The lowest BCUT2D eigenvalue weighted by Gasteiger charge is -2.19. The number of esters is 1. The number of anilines is 1. The highest BCUT2D eigenvalue weighted by Crippen LogP contribution is 2.23. The van der Waals surface area contributed by atoms with Crippen molar-refractivity contribution in [1.29, 1.82) is 5.26 Å². The third-order valence-corrected chi connectivity index (χ3v) is 6.22. The second kappa shape index (κ2) is 16.8. The minimum atomic E-state index is -0.534. The standard InChI is InChI=1S/C30H42N2O2/c1-3-5-7-9-11-13-15-26-16-18-28(19-17-26)32-22-20-27(21-23-32)29(25-31)30(33)34-24-14-12-10-8-6-4-2/h16-23H,3-15,24H2,1-2H3. The van der Waals surface area contributed by atoms with Gasteiger partial charge in [-0.2, -0.15) is 5.26 Å². The number of hydrogen-bond donors (Lipinski definition) is 0. The summed E-state index contributed by atoms with van der Waals surface area (Å²) in [6, 6.07) is 10.6. The van der Waals surface area contributed by atoms with Crippen LogP contribution in [0.2, 0.25) is 0 Å². The van der Waals surface area contributed by atoms with Gasteiger partial charge < -0.3 is 9.64 Å². The molecule has 0 atom stereocenters. The van der Waals surface area contributed by atoms with Crippen LogP contribution in [-0.4, -0.2) is 12.6 Å². The lowest BCUT2D eigenvalue weighted by atomic mass is 10.0. The van der Waals surface area contributed by atoms with Crippen LogP contribution >= 0.6 is 0 Å². The summed E-state index contributed by atoms with van der Waals surface area (Å²) in [5, 5.41) is 9.50. The van der Waals surface area contributed by atoms with Crippen LogP contribution in [0.5, 0.6) is 0 Å². The minimum absolute atomic E-state index is 0.0624. The average Bonchev–Trinajstić information content (AvgIpc) is 2.87. The molecule has 0 bridgehead atoms. The molecule has 1 heterocycles. The number of allylic oxidation sites excluding steroid dienone is 3. The predicted molar refractivity (Wildman–Crippen MR) is 141 cm³/mol. The third-order valence-electron chi connectivity index (χ3n) is 6.22. The molecule has 1 aromatic carbocycles. The Bertz CT molecular complexity index is 843. The number of aryl methyl sites for hydroxylation is 1. The van der Waals surface area contributed by atoms with E-state index in [1.807, 2.05) is 23.4 Å². The molecule has 1 aromatic rings. The maximum absolute atomic E-state index is 12.4. The van der Waals surface area contributed by atoms with Crippen LogP contribution in [-0.2, 0) is 16.0 Å². The van der Waals surface area contributed by atoms with Crippen molar-refractivity contribution in [3.8, 4) is 6.07 Å². The number of carbonyl (C=O) groups is 1. The van der Waals surface area contributed by atoms with E-state index in [1.165, 1.54) is 69.8 Å². The number of nitriles is 1. The molecule has 1 aliphatic rings. The Kier molecular flexibility index (Phi) is 13.5. The van der Waals surface area contributed by atoms with Crippen LogP contribution in [0, 0.1) is 11.3 Å². The van der Waals surface area contributed by atoms with E-state index < -0.39 is 5.97 Å². The first-order chi connectivity index (χ1) is 16.7. The fourth-order valence-corrected chi connectivity index (χ4v) is 4.06. The molecule has 0 aliphatic carbocycles. The molecular formula is C30H42N2O2. The van der Waals surface area contributed by atoms with Gasteiger partial charge in [0.1, 0.15) is 11.6 Å². The van der Waals surface area contributed by atoms with Gasteiger partial charge in [-0.3, -0.25) is 0 Å². The zero-order valence-corrected chi connectivity index (χ0v) is 21.2. The summed E-state index contributed by atoms with van der Waals surface area (Å²) in [6.07, 6.45) is 23.1. The summed E-state index contributed by atoms with van der Waals surface area (Å²) in [7, 11) is 0. The Balaban J connectivity index is 1.80. The van der Waals surface area contributed by atoms with Gasteiger partial charge in [0.05, 0.1) is 6.61 Å². The average molecular weight is 463 g/mol. The predicted octanol–water partition coefficient (Wildman–Crippen LogP) is 8.16. The minimum Gasteiger partial charge on any atom is -0.462 e. The lowest BCUT2D eigenvalue weighted by Crippen LogP contribution is -2.13. The monoisotopic (exact) mass is 462 g/mol. The van der Waals surface area contributed by atoms with Crippen LogP contribution in [0.1, 0.15) is 96.5 Å². The van der Waals surface area contributed by atoms with E-state index >= 15 is 0 Å². The Morgan fingerprint density at radius 1 is 0.824 bits per heavy atom. The van der Waals surface area contributed by atoms with Crippen LogP contribution in [0.3, 0.4) is 0 Å². The summed E-state index contributed by atoms with van der Waals surface area (Å²) >= 11 is 0. The lowest BCUT2D eigenvalue weighted by molar-refractivity contribution is -0.138. The van der Waals surface area contributed by atoms with E-state index in [0.29, 0.717) is 12.2 Å². The number of rotatable bonds is 16. The zero-order valence-electron chi connectivity index (χ0n) is 21.2. The van der Waals surface area contributed by atoms with E-state index in [4.69, 9.17) is 4.74 Å². The Morgan fingerprint density at radius 3 is 1.97 bits per heavy atom. The van der Waals surface area contributed by atoms with Crippen molar-refractivity contribution >= 4 is 11.7 Å². The smallest absolute Gasteiger partial charge is 0.349 e. The number of unbranched alkanes of at least 4 members (excludes halogenated alkanes) is 10. The normalized spacial score (nSPS) is 12.6. The second-order valence-electron chi connectivity index (χ2n) is 9.07. The van der Waals surface area contributed by atoms with Gasteiger partial charge in [0, 0.05) is 23.7 Å². The summed E-state index contributed by atoms with van der Waals surface area (Å²) < 4.78 is 5.34. The number of ether oxygens (including phenoxy) is 1. The quantitative estimate of drug-likeness (QED) is 0.108. The van der Waals surface area contributed by atoms with Crippen LogP contribution in [0.4, 0.5) is 5.69 Å². The Labute approximate surface area is 207 Å². The highest BCUT2D eigenvalue weighted by Gasteiger charge is 2.16. The molecule has 0 spiro atoms. The van der Waals surface area contributed by atoms with Gasteiger partial charge in [-0.25, -0.2) is 4.79 Å². The summed E-state index contributed by atoms with van der Waals surface area (Å²) in [6.45, 7) is 4.81. The summed E-state index contributed by atoms with van der Waals surface area (Å²) in [4.78, 5) is 14.4. The SMILES string of the molecule is CCCCCCCCOC(=O)C(C#N)=C1C=CN(c2ccc(CCCCCCCC)cc2)C=C1. The fraction of sp³-hybridized carbons (Fsp3) is 0.533. The molecule has 4 nitrogen and oxygen atoms in total. The molecule has 2 rings (SSSR count). The van der Waals surface area contributed by atoms with Crippen molar-refractivity contribution in [3.05, 3.63) is 65.5 Å². The molecule has 184 valence electrons. The molecule has 0 unspecified atom stereocenters. The van der Waals surface area contributed by atoms with E-state index in [2.05, 4.69) is 38.1 Å². The Hall–Kier alpha value is -2.80. The van der Waals surface area contributed by atoms with Crippen molar-refractivity contribution in [2.45, 2.75) is 97.3 Å². The first kappa shape index (κ1) is 27.4. The van der Waals surface area contributed by atoms with Gasteiger partial charge in [-0.15, -0.1) is 0 Å². The van der Waals surface area contributed by atoms with Gasteiger partial charge in [0.2, 0.25) is 0 Å². The van der Waals surface area contributed by atoms with E-state index in [-0.39, 0.29) is 5.57 Å². The molecule has 34 heavy (non-hydrogen) atoms. The number of nitrogens with zero attached hydrogens (tertiary/aromatic N) is 2. The zero-order chi connectivity index (χ0) is 24.4. The second-order valence-corrected chi connectivity index (χ2v) is 9.07. The highest BCUT2D eigenvalue weighted by molar-refractivity contribution is 5.95. The van der Waals surface area contributed by atoms with Crippen molar-refractivity contribution in [3.63, 3.8) is 0 Å². The number of carbonyl (C=O) groups excluding carboxylic acids is 1. The first-order valence-electron chi connectivity index (χ1n) is 13.2. The topological polar surface area (TPSA) is 53.3 Å². The summed E-state index contributed by atoms with van der Waals surface area (Å²) in [5.41, 5.74) is 3.07. The van der Waals surface area contributed by atoms with Crippen LogP contribution in [0.25, 0.3) is 0 Å². The molecule has 4 heteroatoms.